The molecule has 0 aliphatic carbocycles. The third-order valence-corrected chi connectivity index (χ3v) is 3.67. The fourth-order valence-corrected chi connectivity index (χ4v) is 2.66. The van der Waals surface area contributed by atoms with E-state index in [9.17, 15) is 4.79 Å². The lowest BCUT2D eigenvalue weighted by Gasteiger charge is -2.06. The first kappa shape index (κ1) is 12.7. The van der Waals surface area contributed by atoms with Crippen LogP contribution in [0.3, 0.4) is 0 Å². The van der Waals surface area contributed by atoms with Gasteiger partial charge in [0, 0.05) is 23.2 Å². The standard InChI is InChI=1S/C13H15N3OS/c1-8-6-13(16(3)15-8)18-10-4-5-12(14)11(7-10)9(2)17/h4-7H,14H2,1-3H3. The van der Waals surface area contributed by atoms with Crippen LogP contribution in [0.5, 0.6) is 0 Å². The number of nitrogens with zero attached hydrogens (tertiary/aromatic N) is 2. The summed E-state index contributed by atoms with van der Waals surface area (Å²) in [4.78, 5) is 12.4. The number of nitrogens with two attached hydrogens (primary N) is 1. The van der Waals surface area contributed by atoms with Gasteiger partial charge < -0.3 is 5.73 Å². The van der Waals surface area contributed by atoms with Crippen molar-refractivity contribution in [2.75, 3.05) is 5.73 Å². The Hall–Kier alpha value is -1.75. The number of aryl methyl sites for hydroxylation is 2. The second-order valence-corrected chi connectivity index (χ2v) is 5.25. The van der Waals surface area contributed by atoms with Crippen molar-refractivity contribution in [3.63, 3.8) is 0 Å². The number of carbonyl (C=O) groups is 1. The van der Waals surface area contributed by atoms with Crippen LogP contribution in [0, 0.1) is 6.92 Å². The number of aromatic nitrogens is 2. The number of Topliss-reactive ketones (excluding diaryl/α,β-unsaturated/α-hetero) is 1. The maximum atomic E-state index is 11.4. The van der Waals surface area contributed by atoms with Gasteiger partial charge in [0.05, 0.1) is 10.7 Å². The minimum Gasteiger partial charge on any atom is -0.398 e. The molecule has 2 rings (SSSR count). The number of rotatable bonds is 3. The van der Waals surface area contributed by atoms with Crippen LogP contribution in [0.25, 0.3) is 0 Å². The number of nitrogen functional groups attached to an aromatic ring is 1. The fourth-order valence-electron chi connectivity index (χ4n) is 1.71. The molecule has 0 saturated carbocycles. The van der Waals surface area contributed by atoms with Crippen LogP contribution in [0.1, 0.15) is 23.0 Å². The van der Waals surface area contributed by atoms with Crippen LogP contribution >= 0.6 is 11.8 Å². The normalized spacial score (nSPS) is 10.6. The third kappa shape index (κ3) is 2.56. The van der Waals surface area contributed by atoms with Crippen LogP contribution in [-0.2, 0) is 7.05 Å². The SMILES string of the molecule is CC(=O)c1cc(Sc2cc(C)nn2C)ccc1N. The predicted octanol–water partition coefficient (Wildman–Crippen LogP) is 2.66. The van der Waals surface area contributed by atoms with E-state index in [1.54, 1.807) is 17.8 Å². The van der Waals surface area contributed by atoms with Gasteiger partial charge >= 0.3 is 0 Å². The Kier molecular flexibility index (Phi) is 3.43. The van der Waals surface area contributed by atoms with Crippen LogP contribution in [0.2, 0.25) is 0 Å². The summed E-state index contributed by atoms with van der Waals surface area (Å²) in [5.74, 6) is -0.0175. The molecule has 0 aliphatic heterocycles. The summed E-state index contributed by atoms with van der Waals surface area (Å²) in [5, 5.41) is 5.32. The van der Waals surface area contributed by atoms with Crippen molar-refractivity contribution in [2.45, 2.75) is 23.8 Å². The zero-order valence-corrected chi connectivity index (χ0v) is 11.4. The van der Waals surface area contributed by atoms with Crippen molar-refractivity contribution in [2.24, 2.45) is 7.05 Å². The Bertz CT molecular complexity index is 604. The molecule has 0 radical (unpaired) electrons. The van der Waals surface area contributed by atoms with E-state index < -0.39 is 0 Å². The topological polar surface area (TPSA) is 60.9 Å². The first-order chi connectivity index (χ1) is 8.47. The van der Waals surface area contributed by atoms with Crippen molar-refractivity contribution in [1.82, 2.24) is 9.78 Å². The van der Waals surface area contributed by atoms with E-state index in [1.165, 1.54) is 6.92 Å². The Morgan fingerprint density at radius 2 is 2.11 bits per heavy atom. The van der Waals surface area contributed by atoms with E-state index in [2.05, 4.69) is 5.10 Å². The molecule has 0 atom stereocenters. The van der Waals surface area contributed by atoms with E-state index >= 15 is 0 Å². The Morgan fingerprint density at radius 3 is 2.67 bits per heavy atom. The maximum Gasteiger partial charge on any atom is 0.161 e. The molecule has 0 amide bonds. The number of ketones is 1. The number of hydrogen-bond donors (Lipinski definition) is 1. The van der Waals surface area contributed by atoms with Gasteiger partial charge in [0.15, 0.2) is 5.78 Å². The Labute approximate surface area is 110 Å². The number of anilines is 1. The molecule has 94 valence electrons. The molecular formula is C13H15N3OS. The smallest absolute Gasteiger partial charge is 0.161 e. The zero-order valence-electron chi connectivity index (χ0n) is 10.6. The van der Waals surface area contributed by atoms with E-state index in [4.69, 9.17) is 5.73 Å². The van der Waals surface area contributed by atoms with Gasteiger partial charge in [-0.1, -0.05) is 11.8 Å². The highest BCUT2D eigenvalue weighted by Crippen LogP contribution is 2.30. The molecule has 0 bridgehead atoms. The third-order valence-electron chi connectivity index (χ3n) is 2.59. The molecule has 1 aromatic heterocycles. The molecule has 0 fully saturated rings. The summed E-state index contributed by atoms with van der Waals surface area (Å²) in [6.07, 6.45) is 0. The van der Waals surface area contributed by atoms with E-state index in [0.717, 1.165) is 15.6 Å². The molecule has 0 aliphatic rings. The molecule has 0 saturated heterocycles. The average Bonchev–Trinajstić information content (AvgIpc) is 2.60. The van der Waals surface area contributed by atoms with Gasteiger partial charge in [-0.05, 0) is 38.1 Å². The summed E-state index contributed by atoms with van der Waals surface area (Å²) in [7, 11) is 1.90. The largest absolute Gasteiger partial charge is 0.398 e. The molecule has 0 spiro atoms. The summed E-state index contributed by atoms with van der Waals surface area (Å²) < 4.78 is 1.82. The highest BCUT2D eigenvalue weighted by Gasteiger charge is 2.09. The zero-order chi connectivity index (χ0) is 13.3. The van der Waals surface area contributed by atoms with Crippen LogP contribution in [0.4, 0.5) is 5.69 Å². The molecular weight excluding hydrogens is 246 g/mol. The molecule has 1 heterocycles. The lowest BCUT2D eigenvalue weighted by atomic mass is 10.1. The van der Waals surface area contributed by atoms with Crippen LogP contribution < -0.4 is 5.73 Å². The van der Waals surface area contributed by atoms with Crippen molar-refractivity contribution in [3.8, 4) is 0 Å². The summed E-state index contributed by atoms with van der Waals surface area (Å²) in [6.45, 7) is 3.47. The van der Waals surface area contributed by atoms with Crippen LogP contribution in [0.15, 0.2) is 34.2 Å². The molecule has 1 aromatic carbocycles. The van der Waals surface area contributed by atoms with Crippen molar-refractivity contribution in [1.29, 1.82) is 0 Å². The Morgan fingerprint density at radius 1 is 1.39 bits per heavy atom. The Balaban J connectivity index is 2.32. The number of benzene rings is 1. The van der Waals surface area contributed by atoms with Crippen LogP contribution in [-0.4, -0.2) is 15.6 Å². The van der Waals surface area contributed by atoms with Crippen molar-refractivity contribution in [3.05, 3.63) is 35.5 Å². The highest BCUT2D eigenvalue weighted by molar-refractivity contribution is 7.99. The second-order valence-electron chi connectivity index (χ2n) is 4.15. The van der Waals surface area contributed by atoms with Gasteiger partial charge in [-0.15, -0.1) is 0 Å². The monoisotopic (exact) mass is 261 g/mol. The van der Waals surface area contributed by atoms with Gasteiger partial charge in [-0.2, -0.15) is 5.10 Å². The molecule has 2 aromatic rings. The summed E-state index contributed by atoms with van der Waals surface area (Å²) in [5.41, 5.74) is 7.83. The average molecular weight is 261 g/mol. The first-order valence-corrected chi connectivity index (χ1v) is 6.38. The highest BCUT2D eigenvalue weighted by atomic mass is 32.2. The molecule has 2 N–H and O–H groups in total. The molecule has 0 unspecified atom stereocenters. The molecule has 5 heteroatoms. The van der Waals surface area contributed by atoms with Crippen molar-refractivity contribution >= 4 is 23.2 Å². The maximum absolute atomic E-state index is 11.4. The lowest BCUT2D eigenvalue weighted by Crippen LogP contribution is -1.99. The minimum atomic E-state index is -0.0175. The van der Waals surface area contributed by atoms with Gasteiger partial charge in [-0.3, -0.25) is 9.48 Å². The summed E-state index contributed by atoms with van der Waals surface area (Å²) >= 11 is 1.57. The number of hydrogen-bond acceptors (Lipinski definition) is 4. The molecule has 4 nitrogen and oxygen atoms in total. The van der Waals surface area contributed by atoms with E-state index in [1.807, 2.05) is 36.9 Å². The second kappa shape index (κ2) is 4.86. The predicted molar refractivity (Wildman–Crippen MR) is 72.9 cm³/mol. The summed E-state index contributed by atoms with van der Waals surface area (Å²) in [6, 6.07) is 7.51. The van der Waals surface area contributed by atoms with E-state index in [-0.39, 0.29) is 5.78 Å². The van der Waals surface area contributed by atoms with Gasteiger partial charge in [0.1, 0.15) is 0 Å². The van der Waals surface area contributed by atoms with Gasteiger partial charge in [0.2, 0.25) is 0 Å². The minimum absolute atomic E-state index is 0.0175. The van der Waals surface area contributed by atoms with Gasteiger partial charge in [0.25, 0.3) is 0 Å². The first-order valence-electron chi connectivity index (χ1n) is 5.56. The van der Waals surface area contributed by atoms with Crippen molar-refractivity contribution < 1.29 is 4.79 Å². The van der Waals surface area contributed by atoms with Gasteiger partial charge in [-0.25, -0.2) is 0 Å². The van der Waals surface area contributed by atoms with E-state index in [0.29, 0.717) is 11.3 Å². The molecule has 18 heavy (non-hydrogen) atoms. The fraction of sp³-hybridized carbons (Fsp3) is 0.231. The number of carbonyl (C=O) groups excluding carboxylic acids is 1. The quantitative estimate of drug-likeness (QED) is 0.681. The lowest BCUT2D eigenvalue weighted by molar-refractivity contribution is 0.101.